The number of likely N-dealkylation sites (tertiary alicyclic amines) is 1. The maximum atomic E-state index is 4.18. The van der Waals surface area contributed by atoms with Gasteiger partial charge in [0.05, 0.1) is 6.54 Å². The highest BCUT2D eigenvalue weighted by Gasteiger charge is 2.25. The Bertz CT molecular complexity index is 564. The van der Waals surface area contributed by atoms with Crippen LogP contribution in [-0.4, -0.2) is 46.8 Å². The van der Waals surface area contributed by atoms with E-state index >= 15 is 0 Å². The van der Waals surface area contributed by atoms with E-state index in [0.29, 0.717) is 6.04 Å². The van der Waals surface area contributed by atoms with Crippen molar-refractivity contribution in [1.29, 1.82) is 0 Å². The van der Waals surface area contributed by atoms with Crippen molar-refractivity contribution >= 4 is 5.69 Å². The minimum absolute atomic E-state index is 0.536. The molecule has 21 heavy (non-hydrogen) atoms. The zero-order chi connectivity index (χ0) is 14.7. The van der Waals surface area contributed by atoms with Gasteiger partial charge in [0.2, 0.25) is 0 Å². The van der Waals surface area contributed by atoms with Crippen molar-refractivity contribution in [2.45, 2.75) is 25.4 Å². The van der Waals surface area contributed by atoms with Crippen molar-refractivity contribution in [3.05, 3.63) is 42.5 Å². The average molecular weight is 285 g/mol. The van der Waals surface area contributed by atoms with Gasteiger partial charge in [-0.25, -0.2) is 4.98 Å². The van der Waals surface area contributed by atoms with E-state index in [2.05, 4.69) is 58.2 Å². The molecule has 1 aliphatic rings. The van der Waals surface area contributed by atoms with Crippen LogP contribution in [0.5, 0.6) is 0 Å². The van der Waals surface area contributed by atoms with Crippen LogP contribution in [0.3, 0.4) is 0 Å². The fourth-order valence-corrected chi connectivity index (χ4v) is 3.06. The summed E-state index contributed by atoms with van der Waals surface area (Å²) < 4.78 is 1.91. The van der Waals surface area contributed by atoms with Gasteiger partial charge in [0.1, 0.15) is 12.7 Å². The fraction of sp³-hybridized carbons (Fsp3) is 0.500. The molecule has 1 saturated heterocycles. The maximum absolute atomic E-state index is 4.18. The van der Waals surface area contributed by atoms with E-state index in [-0.39, 0.29) is 0 Å². The third-order valence-corrected chi connectivity index (χ3v) is 4.22. The Kier molecular flexibility index (Phi) is 4.20. The fourth-order valence-electron chi connectivity index (χ4n) is 3.06. The molecular weight excluding hydrogens is 262 g/mol. The molecule has 2 heterocycles. The Balaban J connectivity index is 1.70. The topological polar surface area (TPSA) is 37.2 Å². The Morgan fingerprint density at radius 1 is 1.29 bits per heavy atom. The van der Waals surface area contributed by atoms with Crippen LogP contribution in [0.1, 0.15) is 24.4 Å². The summed E-state index contributed by atoms with van der Waals surface area (Å²) in [4.78, 5) is 8.73. The molecule has 112 valence electrons. The molecule has 0 bridgehead atoms. The Hall–Kier alpha value is -1.88. The summed E-state index contributed by atoms with van der Waals surface area (Å²) in [6.07, 6.45) is 5.90. The molecule has 0 unspecified atom stereocenters. The molecule has 0 amide bonds. The first-order chi connectivity index (χ1) is 10.2. The van der Waals surface area contributed by atoms with Crippen LogP contribution >= 0.6 is 0 Å². The first-order valence-corrected chi connectivity index (χ1v) is 7.58. The van der Waals surface area contributed by atoms with E-state index in [1.54, 1.807) is 12.7 Å². The Morgan fingerprint density at radius 3 is 2.95 bits per heavy atom. The second kappa shape index (κ2) is 6.26. The summed E-state index contributed by atoms with van der Waals surface area (Å²) in [5, 5.41) is 4.18. The van der Waals surface area contributed by atoms with Crippen molar-refractivity contribution in [2.24, 2.45) is 0 Å². The standard InChI is InChI=1S/C16H23N5/c1-19(2)15-6-3-5-14(11-15)16-7-4-8-20(16)9-10-21-13-17-12-18-21/h3,5-6,11-13,16H,4,7-10H2,1-2H3/t16-/m1/s1. The SMILES string of the molecule is CN(C)c1cccc([C@H]2CCCN2CCn2cncn2)c1. The molecule has 5 heteroatoms. The molecule has 0 N–H and O–H groups in total. The highest BCUT2D eigenvalue weighted by atomic mass is 15.3. The number of anilines is 1. The number of aromatic nitrogens is 3. The van der Waals surface area contributed by atoms with E-state index in [9.17, 15) is 0 Å². The van der Waals surface area contributed by atoms with Crippen LogP contribution in [0, 0.1) is 0 Å². The predicted octanol–water partition coefficient (Wildman–Crippen LogP) is 2.18. The van der Waals surface area contributed by atoms with Gasteiger partial charge in [-0.05, 0) is 37.1 Å². The van der Waals surface area contributed by atoms with E-state index < -0.39 is 0 Å². The molecule has 0 aliphatic carbocycles. The number of nitrogens with zero attached hydrogens (tertiary/aromatic N) is 5. The lowest BCUT2D eigenvalue weighted by molar-refractivity contribution is 0.243. The molecule has 1 fully saturated rings. The van der Waals surface area contributed by atoms with Gasteiger partial charge in [-0.15, -0.1) is 0 Å². The molecule has 0 saturated carbocycles. The largest absolute Gasteiger partial charge is 0.378 e. The van der Waals surface area contributed by atoms with Gasteiger partial charge in [0, 0.05) is 32.4 Å². The quantitative estimate of drug-likeness (QED) is 0.844. The summed E-state index contributed by atoms with van der Waals surface area (Å²) in [6, 6.07) is 9.44. The summed E-state index contributed by atoms with van der Waals surface area (Å²) in [6.45, 7) is 3.11. The Labute approximate surface area is 126 Å². The molecule has 2 aromatic rings. The minimum Gasteiger partial charge on any atom is -0.378 e. The summed E-state index contributed by atoms with van der Waals surface area (Å²) in [5.41, 5.74) is 2.70. The monoisotopic (exact) mass is 285 g/mol. The van der Waals surface area contributed by atoms with Crippen molar-refractivity contribution < 1.29 is 0 Å². The molecular formula is C16H23N5. The number of hydrogen-bond acceptors (Lipinski definition) is 4. The first-order valence-electron chi connectivity index (χ1n) is 7.58. The molecule has 0 radical (unpaired) electrons. The van der Waals surface area contributed by atoms with Crippen LogP contribution < -0.4 is 4.90 Å². The van der Waals surface area contributed by atoms with Crippen molar-refractivity contribution in [3.63, 3.8) is 0 Å². The van der Waals surface area contributed by atoms with Gasteiger partial charge in [0.15, 0.2) is 0 Å². The van der Waals surface area contributed by atoms with Gasteiger partial charge in [-0.3, -0.25) is 9.58 Å². The maximum Gasteiger partial charge on any atom is 0.137 e. The normalized spacial score (nSPS) is 19.0. The van der Waals surface area contributed by atoms with Crippen LogP contribution in [0.4, 0.5) is 5.69 Å². The molecule has 1 atom stereocenters. The molecule has 1 aromatic heterocycles. The van der Waals surface area contributed by atoms with Crippen LogP contribution in [-0.2, 0) is 6.54 Å². The average Bonchev–Trinajstić information content (AvgIpc) is 3.16. The highest BCUT2D eigenvalue weighted by molar-refractivity contribution is 5.48. The van der Waals surface area contributed by atoms with Gasteiger partial charge in [-0.2, -0.15) is 5.10 Å². The van der Waals surface area contributed by atoms with Gasteiger partial charge >= 0.3 is 0 Å². The van der Waals surface area contributed by atoms with Gasteiger partial charge < -0.3 is 4.90 Å². The predicted molar refractivity (Wildman–Crippen MR) is 84.3 cm³/mol. The molecule has 0 spiro atoms. The van der Waals surface area contributed by atoms with E-state index in [1.165, 1.54) is 30.6 Å². The lowest BCUT2D eigenvalue weighted by Gasteiger charge is -2.25. The smallest absolute Gasteiger partial charge is 0.137 e. The van der Waals surface area contributed by atoms with Crippen LogP contribution in [0.2, 0.25) is 0 Å². The molecule has 5 nitrogen and oxygen atoms in total. The minimum atomic E-state index is 0.536. The van der Waals surface area contributed by atoms with Gasteiger partial charge in [-0.1, -0.05) is 12.1 Å². The zero-order valence-corrected chi connectivity index (χ0v) is 12.8. The van der Waals surface area contributed by atoms with E-state index in [4.69, 9.17) is 0 Å². The van der Waals surface area contributed by atoms with Gasteiger partial charge in [0.25, 0.3) is 0 Å². The second-order valence-corrected chi connectivity index (χ2v) is 5.84. The number of rotatable bonds is 5. The van der Waals surface area contributed by atoms with E-state index in [1.807, 2.05) is 4.68 Å². The van der Waals surface area contributed by atoms with Crippen LogP contribution in [0.25, 0.3) is 0 Å². The number of hydrogen-bond donors (Lipinski definition) is 0. The second-order valence-electron chi connectivity index (χ2n) is 5.84. The molecule has 1 aliphatic heterocycles. The van der Waals surface area contributed by atoms with Crippen molar-refractivity contribution in [3.8, 4) is 0 Å². The van der Waals surface area contributed by atoms with E-state index in [0.717, 1.165) is 13.1 Å². The summed E-state index contributed by atoms with van der Waals surface area (Å²) >= 11 is 0. The summed E-state index contributed by atoms with van der Waals surface area (Å²) in [5.74, 6) is 0. The third-order valence-electron chi connectivity index (χ3n) is 4.22. The Morgan fingerprint density at radius 2 is 2.19 bits per heavy atom. The lowest BCUT2D eigenvalue weighted by Crippen LogP contribution is -2.27. The lowest BCUT2D eigenvalue weighted by atomic mass is 10.0. The first kappa shape index (κ1) is 14.1. The van der Waals surface area contributed by atoms with Crippen LogP contribution in [0.15, 0.2) is 36.9 Å². The third kappa shape index (κ3) is 3.24. The van der Waals surface area contributed by atoms with Crippen molar-refractivity contribution in [1.82, 2.24) is 19.7 Å². The molecule has 1 aromatic carbocycles. The van der Waals surface area contributed by atoms with Crippen molar-refractivity contribution in [2.75, 3.05) is 32.1 Å². The highest BCUT2D eigenvalue weighted by Crippen LogP contribution is 2.33. The number of benzene rings is 1. The summed E-state index contributed by atoms with van der Waals surface area (Å²) in [7, 11) is 4.19. The zero-order valence-electron chi connectivity index (χ0n) is 12.8. The molecule has 3 rings (SSSR count).